The number of fused-ring (bicyclic) bond motifs is 11. The molecular weight excluding hydrogens is 807 g/mol. The van der Waals surface area contributed by atoms with Gasteiger partial charge in [-0.3, -0.25) is 0 Å². The lowest BCUT2D eigenvalue weighted by Crippen LogP contribution is -1.95. The number of aromatic nitrogens is 1. The Balaban J connectivity index is 0.000000838. The fraction of sp³-hybridized carbons (Fsp3) is 0.364. The van der Waals surface area contributed by atoms with E-state index in [2.05, 4.69) is 197 Å². The summed E-state index contributed by atoms with van der Waals surface area (Å²) in [6.45, 7) is 39.7. The fourth-order valence-electron chi connectivity index (χ4n) is 8.09. The lowest BCUT2D eigenvalue weighted by molar-refractivity contribution is 0.807. The molecule has 0 atom stereocenters. The van der Waals surface area contributed by atoms with Gasteiger partial charge in [0.25, 0.3) is 0 Å². The van der Waals surface area contributed by atoms with E-state index in [9.17, 15) is 0 Å². The molecule has 1 heterocycles. The first kappa shape index (κ1) is 61.3. The molecule has 1 aromatic heterocycles. The van der Waals surface area contributed by atoms with Gasteiger partial charge < -0.3 is 4.57 Å². The van der Waals surface area contributed by atoms with Gasteiger partial charge in [-0.15, -0.1) is 0 Å². The molecule has 0 N–H and O–H groups in total. The quantitative estimate of drug-likeness (QED) is 0.155. The third-order valence-electron chi connectivity index (χ3n) is 10.1. The SMILES string of the molecule is CC.CC.CC.CC.CC.CC.CC.CCC.CCC.CCn1c2c(c3ccccc31)-c1cccc3cccc-2c13.c1ccc2c(c1)Cc1ccccc1-2.c1ccc2c(c1)Cc1ccccc1-2. The second-order valence-corrected chi connectivity index (χ2v) is 14.1. The minimum Gasteiger partial charge on any atom is -0.340 e. The van der Waals surface area contributed by atoms with Crippen LogP contribution in [0.1, 0.15) is 167 Å². The Morgan fingerprint density at radius 3 is 0.985 bits per heavy atom. The molecule has 11 rings (SSSR count). The second-order valence-electron chi connectivity index (χ2n) is 14.1. The van der Waals surface area contributed by atoms with Crippen LogP contribution in [0.4, 0.5) is 0 Å². The molecule has 3 aliphatic carbocycles. The molecule has 0 unspecified atom stereocenters. The van der Waals surface area contributed by atoms with Gasteiger partial charge in [-0.25, -0.2) is 0 Å². The Kier molecular flexibility index (Phi) is 33.4. The van der Waals surface area contributed by atoms with E-state index in [1.807, 2.05) is 96.9 Å². The van der Waals surface area contributed by atoms with Crippen molar-refractivity contribution in [3.05, 3.63) is 180 Å². The summed E-state index contributed by atoms with van der Waals surface area (Å²) in [7, 11) is 0. The number of para-hydroxylation sites is 1. The van der Waals surface area contributed by atoms with Crippen molar-refractivity contribution >= 4 is 21.7 Å². The highest BCUT2D eigenvalue weighted by atomic mass is 15.0. The highest BCUT2D eigenvalue weighted by Crippen LogP contribution is 2.51. The van der Waals surface area contributed by atoms with Crippen LogP contribution >= 0.6 is 0 Å². The molecule has 1 nitrogen and oxygen atoms in total. The molecule has 3 aliphatic rings. The molecule has 8 aromatic rings. The highest BCUT2D eigenvalue weighted by Gasteiger charge is 2.27. The van der Waals surface area contributed by atoms with Crippen molar-refractivity contribution in [2.45, 2.75) is 164 Å². The Morgan fingerprint density at radius 1 is 0.328 bits per heavy atom. The van der Waals surface area contributed by atoms with Crippen molar-refractivity contribution in [2.24, 2.45) is 0 Å². The summed E-state index contributed by atoms with van der Waals surface area (Å²) < 4.78 is 2.46. The first-order valence-corrected chi connectivity index (χ1v) is 26.6. The fourth-order valence-corrected chi connectivity index (χ4v) is 8.09. The van der Waals surface area contributed by atoms with E-state index >= 15 is 0 Å². The summed E-state index contributed by atoms with van der Waals surface area (Å²) in [6.07, 6.45) is 4.71. The van der Waals surface area contributed by atoms with Gasteiger partial charge in [0.05, 0.1) is 5.69 Å². The summed E-state index contributed by atoms with van der Waals surface area (Å²) in [5.41, 5.74) is 18.4. The molecular formula is C66H93N. The third-order valence-corrected chi connectivity index (χ3v) is 10.1. The molecule has 67 heavy (non-hydrogen) atoms. The minimum atomic E-state index is 1.00. The van der Waals surface area contributed by atoms with Crippen LogP contribution in [0.25, 0.3) is 66.3 Å². The number of benzene rings is 7. The largest absolute Gasteiger partial charge is 0.340 e. The second kappa shape index (κ2) is 36.5. The van der Waals surface area contributed by atoms with Crippen molar-refractivity contribution < 1.29 is 0 Å². The van der Waals surface area contributed by atoms with Gasteiger partial charge in [0.2, 0.25) is 0 Å². The van der Waals surface area contributed by atoms with Crippen molar-refractivity contribution in [2.75, 3.05) is 0 Å². The van der Waals surface area contributed by atoms with Gasteiger partial charge >= 0.3 is 0 Å². The molecule has 0 saturated carbocycles. The lowest BCUT2D eigenvalue weighted by Gasteiger charge is -2.08. The Morgan fingerprint density at radius 2 is 0.627 bits per heavy atom. The standard InChI is InChI=1S/C20H15N.2C13H10.2C3H8.7C2H6/c1-2-21-17-12-4-3-9-14(17)19-15-10-5-7-13-8-6-11-16(18(13)15)20(19)21;2*1-3-7-12-10(5-1)9-11-6-2-4-8-13(11)12;2*1-3-2;7*1-2/h3-12H,2H2,1H3;2*1-8H,9H2;2*3H2,1-2H3;7*1-2H3. The van der Waals surface area contributed by atoms with Crippen LogP contribution < -0.4 is 0 Å². The summed E-state index contributed by atoms with van der Waals surface area (Å²) in [4.78, 5) is 0. The first-order chi connectivity index (χ1) is 33.1. The summed E-state index contributed by atoms with van der Waals surface area (Å²) in [5, 5.41) is 4.13. The topological polar surface area (TPSA) is 4.93 Å². The average Bonchev–Trinajstić information content (AvgIpc) is 4.18. The van der Waals surface area contributed by atoms with Crippen molar-refractivity contribution in [1.29, 1.82) is 0 Å². The van der Waals surface area contributed by atoms with Gasteiger partial charge in [-0.2, -0.15) is 0 Å². The zero-order valence-corrected chi connectivity index (χ0v) is 46.0. The predicted molar refractivity (Wildman–Crippen MR) is 310 cm³/mol. The molecule has 362 valence electrons. The van der Waals surface area contributed by atoms with E-state index < -0.39 is 0 Å². The average molecular weight is 900 g/mol. The van der Waals surface area contributed by atoms with Gasteiger partial charge in [0, 0.05) is 28.6 Å². The maximum absolute atomic E-state index is 2.46. The van der Waals surface area contributed by atoms with E-state index in [0.29, 0.717) is 0 Å². The van der Waals surface area contributed by atoms with Crippen LogP contribution in [-0.4, -0.2) is 4.57 Å². The zero-order chi connectivity index (χ0) is 50.7. The summed E-state index contributed by atoms with van der Waals surface area (Å²) in [5.74, 6) is 0. The smallest absolute Gasteiger partial charge is 0.0577 e. The molecule has 0 spiro atoms. The van der Waals surface area contributed by atoms with E-state index in [1.54, 1.807) is 0 Å². The van der Waals surface area contributed by atoms with Crippen LogP contribution in [-0.2, 0) is 19.4 Å². The Bertz CT molecular complexity index is 2310. The van der Waals surface area contributed by atoms with Gasteiger partial charge in [-0.05, 0) is 86.7 Å². The lowest BCUT2D eigenvalue weighted by atomic mass is 10.0. The van der Waals surface area contributed by atoms with Crippen LogP contribution in [0.3, 0.4) is 0 Å². The van der Waals surface area contributed by atoms with Crippen molar-refractivity contribution in [3.8, 4) is 44.6 Å². The summed E-state index contributed by atoms with van der Waals surface area (Å²) in [6, 6.07) is 56.7. The number of hydrogen-bond acceptors (Lipinski definition) is 0. The normalized spacial score (nSPS) is 9.78. The molecule has 7 aromatic carbocycles. The molecule has 0 fully saturated rings. The summed E-state index contributed by atoms with van der Waals surface area (Å²) >= 11 is 0. The monoisotopic (exact) mass is 900 g/mol. The van der Waals surface area contributed by atoms with Gasteiger partial charge in [0.15, 0.2) is 0 Å². The van der Waals surface area contributed by atoms with Crippen LogP contribution in [0.2, 0.25) is 0 Å². The Hall–Kier alpha value is -5.66. The minimum absolute atomic E-state index is 1.00. The van der Waals surface area contributed by atoms with Crippen molar-refractivity contribution in [1.82, 2.24) is 4.57 Å². The Labute approximate surface area is 412 Å². The zero-order valence-electron chi connectivity index (χ0n) is 46.0. The van der Waals surface area contributed by atoms with Crippen LogP contribution in [0, 0.1) is 0 Å². The number of rotatable bonds is 1. The van der Waals surface area contributed by atoms with Gasteiger partial charge in [0.1, 0.15) is 0 Å². The molecule has 0 bridgehead atoms. The highest BCUT2D eigenvalue weighted by molar-refractivity contribution is 6.21. The molecule has 0 amide bonds. The number of nitrogens with zero attached hydrogens (tertiary/aromatic N) is 1. The first-order valence-electron chi connectivity index (χ1n) is 26.6. The van der Waals surface area contributed by atoms with E-state index in [1.165, 1.54) is 101 Å². The van der Waals surface area contributed by atoms with Crippen LogP contribution in [0.5, 0.6) is 0 Å². The molecule has 1 heteroatoms. The number of hydrogen-bond donors (Lipinski definition) is 0. The van der Waals surface area contributed by atoms with E-state index in [4.69, 9.17) is 0 Å². The third kappa shape index (κ3) is 15.4. The number of aryl methyl sites for hydroxylation is 1. The molecule has 0 radical (unpaired) electrons. The van der Waals surface area contributed by atoms with E-state index in [-0.39, 0.29) is 0 Å². The van der Waals surface area contributed by atoms with Crippen molar-refractivity contribution in [3.63, 3.8) is 0 Å². The molecule has 0 aliphatic heterocycles. The van der Waals surface area contributed by atoms with E-state index in [0.717, 1.165) is 19.4 Å². The maximum atomic E-state index is 2.46. The predicted octanol–water partition coefficient (Wildman–Crippen LogP) is 22.0. The molecule has 0 saturated heterocycles. The van der Waals surface area contributed by atoms with Gasteiger partial charge in [-0.1, -0.05) is 289 Å². The van der Waals surface area contributed by atoms with Crippen LogP contribution in [0.15, 0.2) is 158 Å². The maximum Gasteiger partial charge on any atom is 0.0577 e.